The molecule has 0 radical (unpaired) electrons. The van der Waals surface area contributed by atoms with Crippen molar-refractivity contribution in [3.8, 4) is 0 Å². The van der Waals surface area contributed by atoms with Crippen LogP contribution in [0.25, 0.3) is 0 Å². The zero-order valence-electron chi connectivity index (χ0n) is 11.5. The van der Waals surface area contributed by atoms with Crippen LogP contribution < -0.4 is 0 Å². The van der Waals surface area contributed by atoms with Crippen LogP contribution in [0.1, 0.15) is 37.7 Å². The highest BCUT2D eigenvalue weighted by atomic mass is 16.7. The van der Waals surface area contributed by atoms with Crippen LogP contribution in [0.4, 0.5) is 0 Å². The third-order valence-electron chi connectivity index (χ3n) is 3.50. The van der Waals surface area contributed by atoms with E-state index < -0.39 is 0 Å². The Bertz CT molecular complexity index is 333. The summed E-state index contributed by atoms with van der Waals surface area (Å²) < 4.78 is 11.1. The van der Waals surface area contributed by atoms with Crippen LogP contribution in [0.5, 0.6) is 0 Å². The molecule has 1 aliphatic heterocycles. The molecule has 1 heterocycles. The van der Waals surface area contributed by atoms with Crippen molar-refractivity contribution in [3.05, 3.63) is 35.9 Å². The molecule has 0 aliphatic carbocycles. The van der Waals surface area contributed by atoms with Crippen LogP contribution in [0, 0.1) is 0 Å². The van der Waals surface area contributed by atoms with Gasteiger partial charge in [-0.05, 0) is 44.1 Å². The van der Waals surface area contributed by atoms with Crippen molar-refractivity contribution in [1.29, 1.82) is 0 Å². The van der Waals surface area contributed by atoms with Crippen LogP contribution in [0.2, 0.25) is 0 Å². The first-order chi connectivity index (χ1) is 9.34. The Morgan fingerprint density at radius 3 is 2.79 bits per heavy atom. The highest BCUT2D eigenvalue weighted by molar-refractivity contribution is 5.14. The van der Waals surface area contributed by atoms with E-state index in [1.54, 1.807) is 0 Å². The van der Waals surface area contributed by atoms with Crippen molar-refractivity contribution in [3.63, 3.8) is 0 Å². The summed E-state index contributed by atoms with van der Waals surface area (Å²) in [6.45, 7) is 1.39. The van der Waals surface area contributed by atoms with Crippen molar-refractivity contribution in [2.75, 3.05) is 13.2 Å². The van der Waals surface area contributed by atoms with Gasteiger partial charge in [0.25, 0.3) is 0 Å². The number of rotatable bonds is 7. The van der Waals surface area contributed by atoms with Crippen molar-refractivity contribution >= 4 is 0 Å². The predicted molar refractivity (Wildman–Crippen MR) is 74.9 cm³/mol. The van der Waals surface area contributed by atoms with Gasteiger partial charge in [0.1, 0.15) is 0 Å². The largest absolute Gasteiger partial charge is 0.393 e. The number of benzene rings is 1. The molecule has 0 bridgehead atoms. The van der Waals surface area contributed by atoms with E-state index in [0.717, 1.165) is 32.3 Å². The molecular formula is C16H24O3. The lowest BCUT2D eigenvalue weighted by atomic mass is 10.1. The van der Waals surface area contributed by atoms with E-state index >= 15 is 0 Å². The Kier molecular flexibility index (Phi) is 6.34. The first-order valence-corrected chi connectivity index (χ1v) is 7.30. The van der Waals surface area contributed by atoms with Gasteiger partial charge in [-0.3, -0.25) is 0 Å². The average molecular weight is 264 g/mol. The molecule has 2 atom stereocenters. The monoisotopic (exact) mass is 264 g/mol. The molecule has 1 unspecified atom stereocenters. The van der Waals surface area contributed by atoms with Crippen LogP contribution in [-0.4, -0.2) is 30.7 Å². The van der Waals surface area contributed by atoms with Gasteiger partial charge >= 0.3 is 0 Å². The minimum absolute atomic E-state index is 0.0462. The Morgan fingerprint density at radius 2 is 2.05 bits per heavy atom. The molecule has 0 saturated carbocycles. The van der Waals surface area contributed by atoms with E-state index in [2.05, 4.69) is 12.1 Å². The minimum Gasteiger partial charge on any atom is -0.393 e. The van der Waals surface area contributed by atoms with Gasteiger partial charge in [0.15, 0.2) is 6.29 Å². The van der Waals surface area contributed by atoms with Gasteiger partial charge in [-0.2, -0.15) is 0 Å². The van der Waals surface area contributed by atoms with E-state index in [4.69, 9.17) is 9.47 Å². The molecule has 0 aromatic heterocycles. The van der Waals surface area contributed by atoms with Gasteiger partial charge in [-0.15, -0.1) is 0 Å². The third kappa shape index (κ3) is 5.72. The first kappa shape index (κ1) is 14.5. The molecule has 1 aliphatic rings. The quantitative estimate of drug-likeness (QED) is 0.823. The molecule has 1 aromatic rings. The number of aryl methyl sites for hydroxylation is 1. The average Bonchev–Trinajstić information content (AvgIpc) is 2.47. The van der Waals surface area contributed by atoms with Gasteiger partial charge in [-0.25, -0.2) is 0 Å². The summed E-state index contributed by atoms with van der Waals surface area (Å²) in [6.07, 6.45) is 5.37. The van der Waals surface area contributed by atoms with E-state index in [9.17, 15) is 5.11 Å². The topological polar surface area (TPSA) is 38.7 Å². The van der Waals surface area contributed by atoms with E-state index in [0.29, 0.717) is 13.0 Å². The SMILES string of the molecule is O[C@H](CCOC1CCCCO1)CCc1ccccc1. The second kappa shape index (κ2) is 8.31. The van der Waals surface area contributed by atoms with Crippen LogP contribution >= 0.6 is 0 Å². The van der Waals surface area contributed by atoms with Crippen molar-refractivity contribution < 1.29 is 14.6 Å². The summed E-state index contributed by atoms with van der Waals surface area (Å²) >= 11 is 0. The zero-order valence-corrected chi connectivity index (χ0v) is 11.5. The summed E-state index contributed by atoms with van der Waals surface area (Å²) in [7, 11) is 0. The molecule has 1 saturated heterocycles. The molecule has 0 amide bonds. The Hall–Kier alpha value is -0.900. The number of aliphatic hydroxyl groups excluding tert-OH is 1. The molecule has 1 fully saturated rings. The molecule has 2 rings (SSSR count). The normalized spacial score (nSPS) is 21.2. The number of ether oxygens (including phenoxy) is 2. The number of hydrogen-bond acceptors (Lipinski definition) is 3. The molecule has 3 heteroatoms. The summed E-state index contributed by atoms with van der Waals surface area (Å²) in [4.78, 5) is 0. The van der Waals surface area contributed by atoms with Crippen LogP contribution in [0.15, 0.2) is 30.3 Å². The fourth-order valence-electron chi connectivity index (χ4n) is 2.30. The Morgan fingerprint density at radius 1 is 1.21 bits per heavy atom. The second-order valence-corrected chi connectivity index (χ2v) is 5.13. The lowest BCUT2D eigenvalue weighted by molar-refractivity contribution is -0.165. The highest BCUT2D eigenvalue weighted by Gasteiger charge is 2.14. The zero-order chi connectivity index (χ0) is 13.3. The summed E-state index contributed by atoms with van der Waals surface area (Å²) in [5, 5.41) is 9.92. The standard InChI is InChI=1S/C16H24O3/c17-15(10-9-14-6-2-1-3-7-14)11-13-19-16-8-4-5-12-18-16/h1-3,6-7,15-17H,4-5,8-13H2/t15-,16?/m0/s1. The summed E-state index contributed by atoms with van der Waals surface area (Å²) in [6, 6.07) is 10.3. The van der Waals surface area contributed by atoms with Gasteiger partial charge in [0.2, 0.25) is 0 Å². The maximum atomic E-state index is 9.92. The van der Waals surface area contributed by atoms with Crippen molar-refractivity contribution in [2.45, 2.75) is 50.9 Å². The summed E-state index contributed by atoms with van der Waals surface area (Å²) in [5.41, 5.74) is 1.28. The molecule has 19 heavy (non-hydrogen) atoms. The van der Waals surface area contributed by atoms with Gasteiger partial charge in [-0.1, -0.05) is 30.3 Å². The van der Waals surface area contributed by atoms with Crippen LogP contribution in [0.3, 0.4) is 0 Å². The van der Waals surface area contributed by atoms with Gasteiger partial charge in [0, 0.05) is 6.61 Å². The lowest BCUT2D eigenvalue weighted by Crippen LogP contribution is -2.24. The van der Waals surface area contributed by atoms with Gasteiger partial charge < -0.3 is 14.6 Å². The minimum atomic E-state index is -0.288. The molecule has 106 valence electrons. The van der Waals surface area contributed by atoms with Crippen molar-refractivity contribution in [2.24, 2.45) is 0 Å². The van der Waals surface area contributed by atoms with E-state index in [1.807, 2.05) is 18.2 Å². The fourth-order valence-corrected chi connectivity index (χ4v) is 2.30. The fraction of sp³-hybridized carbons (Fsp3) is 0.625. The number of aliphatic hydroxyl groups is 1. The summed E-state index contributed by atoms with van der Waals surface area (Å²) in [5.74, 6) is 0. The van der Waals surface area contributed by atoms with Gasteiger partial charge in [0.05, 0.1) is 12.7 Å². The van der Waals surface area contributed by atoms with Crippen molar-refractivity contribution in [1.82, 2.24) is 0 Å². The molecule has 1 aromatic carbocycles. The lowest BCUT2D eigenvalue weighted by Gasteiger charge is -2.23. The van der Waals surface area contributed by atoms with Crippen LogP contribution in [-0.2, 0) is 15.9 Å². The maximum Gasteiger partial charge on any atom is 0.157 e. The molecule has 3 nitrogen and oxygen atoms in total. The predicted octanol–water partition coefficient (Wildman–Crippen LogP) is 2.91. The highest BCUT2D eigenvalue weighted by Crippen LogP contribution is 2.14. The second-order valence-electron chi connectivity index (χ2n) is 5.13. The Balaban J connectivity index is 1.55. The third-order valence-corrected chi connectivity index (χ3v) is 3.50. The molecule has 0 spiro atoms. The smallest absolute Gasteiger partial charge is 0.157 e. The van der Waals surface area contributed by atoms with E-state index in [-0.39, 0.29) is 12.4 Å². The molecular weight excluding hydrogens is 240 g/mol. The van der Waals surface area contributed by atoms with E-state index in [1.165, 1.54) is 12.0 Å². The number of hydrogen-bond donors (Lipinski definition) is 1. The maximum absolute atomic E-state index is 9.92. The Labute approximate surface area is 115 Å². The molecule has 1 N–H and O–H groups in total. The first-order valence-electron chi connectivity index (χ1n) is 7.30.